The molecule has 27 heavy (non-hydrogen) atoms. The van der Waals surface area contributed by atoms with Gasteiger partial charge in [0.15, 0.2) is 11.5 Å². The fourth-order valence-electron chi connectivity index (χ4n) is 3.46. The van der Waals surface area contributed by atoms with Gasteiger partial charge in [-0.3, -0.25) is 9.69 Å². The minimum atomic E-state index is -0.0330. The van der Waals surface area contributed by atoms with E-state index in [1.54, 1.807) is 0 Å². The van der Waals surface area contributed by atoms with Crippen LogP contribution in [0.5, 0.6) is 11.5 Å². The first-order chi connectivity index (χ1) is 13.0. The number of rotatable bonds is 4. The van der Waals surface area contributed by atoms with Gasteiger partial charge in [0.05, 0.1) is 0 Å². The first-order valence-electron chi connectivity index (χ1n) is 9.23. The third-order valence-corrected chi connectivity index (χ3v) is 5.21. The number of H-pyrrole nitrogens is 1. The molecule has 140 valence electrons. The topological polar surface area (TPSA) is 54.6 Å². The standard InChI is InChI=1S/C22H24N2O3/c1-14-4-5-17-11-18(22(25)23-19(17)10-14)13-24(3)15(2)16-6-7-20-21(12-16)27-9-8-26-20/h4-7,10-12,15H,8-9,13H2,1-3H3,(H,23,25). The van der Waals surface area contributed by atoms with Crippen LogP contribution < -0.4 is 15.0 Å². The summed E-state index contributed by atoms with van der Waals surface area (Å²) in [7, 11) is 2.03. The molecule has 1 aliphatic heterocycles. The normalized spacial score (nSPS) is 14.5. The fourth-order valence-corrected chi connectivity index (χ4v) is 3.46. The lowest BCUT2D eigenvalue weighted by atomic mass is 10.0. The van der Waals surface area contributed by atoms with Crippen molar-refractivity contribution in [2.45, 2.75) is 26.4 Å². The van der Waals surface area contributed by atoms with E-state index in [0.29, 0.717) is 19.8 Å². The van der Waals surface area contributed by atoms with E-state index in [-0.39, 0.29) is 11.6 Å². The van der Waals surface area contributed by atoms with Crippen LogP contribution in [0.3, 0.4) is 0 Å². The van der Waals surface area contributed by atoms with Crippen molar-refractivity contribution in [1.82, 2.24) is 9.88 Å². The van der Waals surface area contributed by atoms with Crippen LogP contribution in [0, 0.1) is 6.92 Å². The molecule has 3 aromatic rings. The molecule has 1 atom stereocenters. The Kier molecular flexibility index (Phi) is 4.62. The molecule has 0 amide bonds. The third kappa shape index (κ3) is 3.55. The molecule has 0 radical (unpaired) electrons. The van der Waals surface area contributed by atoms with Gasteiger partial charge in [-0.05, 0) is 61.7 Å². The zero-order chi connectivity index (χ0) is 19.0. The number of hydrogen-bond donors (Lipinski definition) is 1. The molecule has 5 nitrogen and oxygen atoms in total. The van der Waals surface area contributed by atoms with Gasteiger partial charge in [-0.15, -0.1) is 0 Å². The molecule has 2 heterocycles. The number of ether oxygens (including phenoxy) is 2. The van der Waals surface area contributed by atoms with Crippen LogP contribution in [-0.2, 0) is 6.54 Å². The lowest BCUT2D eigenvalue weighted by molar-refractivity contribution is 0.170. The number of nitrogens with zero attached hydrogens (tertiary/aromatic N) is 1. The molecule has 0 aliphatic carbocycles. The van der Waals surface area contributed by atoms with Crippen LogP contribution >= 0.6 is 0 Å². The monoisotopic (exact) mass is 364 g/mol. The molecule has 0 saturated heterocycles. The Morgan fingerprint density at radius 3 is 2.67 bits per heavy atom. The number of aromatic nitrogens is 1. The second-order valence-corrected chi connectivity index (χ2v) is 7.21. The van der Waals surface area contributed by atoms with Crippen LogP contribution in [-0.4, -0.2) is 30.1 Å². The summed E-state index contributed by atoms with van der Waals surface area (Å²) in [6.07, 6.45) is 0. The van der Waals surface area contributed by atoms with E-state index in [0.717, 1.165) is 39.1 Å². The number of benzene rings is 2. The minimum absolute atomic E-state index is 0.0330. The summed E-state index contributed by atoms with van der Waals surface area (Å²) in [6.45, 7) is 5.88. The number of aryl methyl sites for hydroxylation is 1. The summed E-state index contributed by atoms with van der Waals surface area (Å²) in [4.78, 5) is 17.7. The van der Waals surface area contributed by atoms with Crippen molar-refractivity contribution < 1.29 is 9.47 Å². The first kappa shape index (κ1) is 17.6. The van der Waals surface area contributed by atoms with E-state index in [1.807, 2.05) is 44.3 Å². The molecule has 4 rings (SSSR count). The smallest absolute Gasteiger partial charge is 0.252 e. The van der Waals surface area contributed by atoms with Crippen LogP contribution in [0.15, 0.2) is 47.3 Å². The fraction of sp³-hybridized carbons (Fsp3) is 0.318. The molecule has 1 aliphatic rings. The Morgan fingerprint density at radius 1 is 1.07 bits per heavy atom. The van der Waals surface area contributed by atoms with Gasteiger partial charge < -0.3 is 14.5 Å². The highest BCUT2D eigenvalue weighted by Crippen LogP contribution is 2.34. The van der Waals surface area contributed by atoms with Gasteiger partial charge in [0.25, 0.3) is 5.56 Å². The van der Waals surface area contributed by atoms with Crippen LogP contribution in [0.2, 0.25) is 0 Å². The number of pyridine rings is 1. The summed E-state index contributed by atoms with van der Waals surface area (Å²) >= 11 is 0. The van der Waals surface area contributed by atoms with Crippen molar-refractivity contribution in [1.29, 1.82) is 0 Å². The molecule has 5 heteroatoms. The van der Waals surface area contributed by atoms with Gasteiger partial charge in [0.1, 0.15) is 13.2 Å². The summed E-state index contributed by atoms with van der Waals surface area (Å²) in [6, 6.07) is 14.3. The maximum absolute atomic E-state index is 12.5. The highest BCUT2D eigenvalue weighted by atomic mass is 16.6. The molecular formula is C22H24N2O3. The summed E-state index contributed by atoms with van der Waals surface area (Å²) < 4.78 is 11.3. The van der Waals surface area contributed by atoms with E-state index < -0.39 is 0 Å². The number of hydrogen-bond acceptors (Lipinski definition) is 4. The van der Waals surface area contributed by atoms with Gasteiger partial charge in [0, 0.05) is 23.7 Å². The lowest BCUT2D eigenvalue weighted by Crippen LogP contribution is -2.26. The molecule has 0 bridgehead atoms. The number of aromatic amines is 1. The Bertz CT molecular complexity index is 1040. The Labute approximate surface area is 158 Å². The highest BCUT2D eigenvalue weighted by molar-refractivity contribution is 5.79. The highest BCUT2D eigenvalue weighted by Gasteiger charge is 2.18. The van der Waals surface area contributed by atoms with Crippen molar-refractivity contribution in [3.8, 4) is 11.5 Å². The Balaban J connectivity index is 1.57. The van der Waals surface area contributed by atoms with Gasteiger partial charge in [-0.1, -0.05) is 18.2 Å². The van der Waals surface area contributed by atoms with Gasteiger partial charge in [-0.25, -0.2) is 0 Å². The summed E-state index contributed by atoms with van der Waals surface area (Å²) in [5.41, 5.74) is 3.88. The number of fused-ring (bicyclic) bond motifs is 2. The lowest BCUT2D eigenvalue weighted by Gasteiger charge is -2.26. The third-order valence-electron chi connectivity index (χ3n) is 5.21. The zero-order valence-electron chi connectivity index (χ0n) is 15.9. The van der Waals surface area contributed by atoms with E-state index in [4.69, 9.17) is 9.47 Å². The second kappa shape index (κ2) is 7.08. The molecule has 1 aromatic heterocycles. The van der Waals surface area contributed by atoms with Crippen LogP contribution in [0.25, 0.3) is 10.9 Å². The predicted octanol–water partition coefficient (Wildman–Crippen LogP) is 3.80. The SMILES string of the molecule is Cc1ccc2cc(CN(C)C(C)c3ccc4c(c3)OCCO4)c(=O)[nH]c2c1. The molecule has 2 aromatic carbocycles. The van der Waals surface area contributed by atoms with E-state index in [1.165, 1.54) is 0 Å². The summed E-state index contributed by atoms with van der Waals surface area (Å²) in [5.74, 6) is 1.58. The predicted molar refractivity (Wildman–Crippen MR) is 107 cm³/mol. The minimum Gasteiger partial charge on any atom is -0.486 e. The van der Waals surface area contributed by atoms with Crippen molar-refractivity contribution in [3.63, 3.8) is 0 Å². The van der Waals surface area contributed by atoms with E-state index in [2.05, 4.69) is 28.9 Å². The zero-order valence-corrected chi connectivity index (χ0v) is 15.9. The van der Waals surface area contributed by atoms with Gasteiger partial charge in [-0.2, -0.15) is 0 Å². The quantitative estimate of drug-likeness (QED) is 0.765. The molecule has 0 saturated carbocycles. The first-order valence-corrected chi connectivity index (χ1v) is 9.23. The molecule has 1 unspecified atom stereocenters. The Hall–Kier alpha value is -2.79. The maximum atomic E-state index is 12.5. The van der Waals surface area contributed by atoms with Crippen molar-refractivity contribution in [3.05, 3.63) is 69.5 Å². The Morgan fingerprint density at radius 2 is 1.85 bits per heavy atom. The van der Waals surface area contributed by atoms with Crippen LogP contribution in [0.1, 0.15) is 29.7 Å². The summed E-state index contributed by atoms with van der Waals surface area (Å²) in [5, 5.41) is 1.05. The van der Waals surface area contributed by atoms with Gasteiger partial charge >= 0.3 is 0 Å². The van der Waals surface area contributed by atoms with Crippen molar-refractivity contribution in [2.75, 3.05) is 20.3 Å². The van der Waals surface area contributed by atoms with Crippen LogP contribution in [0.4, 0.5) is 0 Å². The average molecular weight is 364 g/mol. The van der Waals surface area contributed by atoms with E-state index in [9.17, 15) is 4.79 Å². The maximum Gasteiger partial charge on any atom is 0.252 e. The molecule has 0 spiro atoms. The molecular weight excluding hydrogens is 340 g/mol. The molecule has 0 fully saturated rings. The van der Waals surface area contributed by atoms with Crippen molar-refractivity contribution in [2.24, 2.45) is 0 Å². The largest absolute Gasteiger partial charge is 0.486 e. The van der Waals surface area contributed by atoms with Crippen molar-refractivity contribution >= 4 is 10.9 Å². The molecule has 1 N–H and O–H groups in total. The second-order valence-electron chi connectivity index (χ2n) is 7.21. The van der Waals surface area contributed by atoms with E-state index >= 15 is 0 Å². The van der Waals surface area contributed by atoms with Gasteiger partial charge in [0.2, 0.25) is 0 Å². The average Bonchev–Trinajstić information content (AvgIpc) is 2.67. The number of nitrogens with one attached hydrogen (secondary N) is 1.